The van der Waals surface area contributed by atoms with E-state index < -0.39 is 0 Å². The highest BCUT2D eigenvalue weighted by Crippen LogP contribution is 2.44. The van der Waals surface area contributed by atoms with Crippen molar-refractivity contribution in [2.45, 2.75) is 38.5 Å². The summed E-state index contributed by atoms with van der Waals surface area (Å²) in [6.45, 7) is 0. The zero-order valence-corrected chi connectivity index (χ0v) is 26.6. The molecule has 0 saturated heterocycles. The Balaban J connectivity index is 1.52. The number of allylic oxidation sites excluding steroid dienone is 2. The van der Waals surface area contributed by atoms with E-state index in [0.29, 0.717) is 0 Å². The standard InChI is InChI=1S/C39H44N4/c1-41(2)32-19-13-27(14-20-32)25-30-9-7-11-35-37(29-17-23-34(24-18-29)43(5)6)36-12-8-10-31(39(36)40-38(30)35)26-28-15-21-33(22-16-28)42(3)4/h13-26H,7-12H2,1-6H3/b30-25+,31-26+. The average molecular weight is 569 g/mol. The SMILES string of the molecule is CN(C)c1ccc(/C=C2\CCCc3c2nc2c(c3-c3ccc(N(C)C)cc3)CCC/C2=C\c2ccc(N(C)C)cc2)cc1. The number of aromatic nitrogens is 1. The van der Waals surface area contributed by atoms with Crippen LogP contribution in [0.4, 0.5) is 17.1 Å². The Kier molecular flexibility index (Phi) is 8.12. The van der Waals surface area contributed by atoms with Crippen LogP contribution in [-0.2, 0) is 12.8 Å². The van der Waals surface area contributed by atoms with Gasteiger partial charge in [0.2, 0.25) is 0 Å². The quantitative estimate of drug-likeness (QED) is 0.232. The zero-order chi connectivity index (χ0) is 30.1. The van der Waals surface area contributed by atoms with Gasteiger partial charge in [0.15, 0.2) is 0 Å². The van der Waals surface area contributed by atoms with Crippen molar-refractivity contribution in [3.63, 3.8) is 0 Å². The molecule has 0 amide bonds. The van der Waals surface area contributed by atoms with E-state index >= 15 is 0 Å². The molecule has 0 fully saturated rings. The Labute approximate surface area is 258 Å². The summed E-state index contributed by atoms with van der Waals surface area (Å²) < 4.78 is 0. The second-order valence-corrected chi connectivity index (χ2v) is 12.6. The molecule has 3 aromatic carbocycles. The number of hydrogen-bond donors (Lipinski definition) is 0. The Hall–Kier alpha value is -4.31. The van der Waals surface area contributed by atoms with Gasteiger partial charge in [0.05, 0.1) is 11.4 Å². The molecule has 1 heterocycles. The van der Waals surface area contributed by atoms with Crippen LogP contribution >= 0.6 is 0 Å². The Morgan fingerprint density at radius 3 is 1.23 bits per heavy atom. The van der Waals surface area contributed by atoms with Crippen LogP contribution in [0.3, 0.4) is 0 Å². The maximum absolute atomic E-state index is 5.57. The monoisotopic (exact) mass is 568 g/mol. The number of nitrogens with zero attached hydrogens (tertiary/aromatic N) is 4. The van der Waals surface area contributed by atoms with Crippen molar-refractivity contribution in [1.82, 2.24) is 4.98 Å². The summed E-state index contributed by atoms with van der Waals surface area (Å²) in [5, 5.41) is 0. The molecular formula is C39H44N4. The molecule has 4 nitrogen and oxygen atoms in total. The lowest BCUT2D eigenvalue weighted by molar-refractivity contribution is 0.778. The maximum Gasteiger partial charge on any atom is 0.0707 e. The van der Waals surface area contributed by atoms with Gasteiger partial charge in [0.1, 0.15) is 0 Å². The largest absolute Gasteiger partial charge is 0.378 e. The van der Waals surface area contributed by atoms with Crippen LogP contribution in [0.1, 0.15) is 59.3 Å². The highest BCUT2D eigenvalue weighted by atomic mass is 15.1. The first-order valence-corrected chi connectivity index (χ1v) is 15.6. The first-order valence-electron chi connectivity index (χ1n) is 15.6. The van der Waals surface area contributed by atoms with Crippen molar-refractivity contribution in [3.05, 3.63) is 106 Å². The van der Waals surface area contributed by atoms with Crippen molar-refractivity contribution in [1.29, 1.82) is 0 Å². The van der Waals surface area contributed by atoms with Crippen molar-refractivity contribution in [2.24, 2.45) is 0 Å². The van der Waals surface area contributed by atoms with Crippen LogP contribution < -0.4 is 14.7 Å². The second-order valence-electron chi connectivity index (χ2n) is 12.6. The minimum atomic E-state index is 1.05. The number of anilines is 3. The third kappa shape index (κ3) is 5.97. The topological polar surface area (TPSA) is 22.6 Å². The smallest absolute Gasteiger partial charge is 0.0707 e. The van der Waals surface area contributed by atoms with Gasteiger partial charge in [-0.1, -0.05) is 36.4 Å². The summed E-state index contributed by atoms with van der Waals surface area (Å²) in [5.41, 5.74) is 16.8. The number of rotatable bonds is 6. The minimum absolute atomic E-state index is 1.05. The molecule has 0 radical (unpaired) electrons. The van der Waals surface area contributed by atoms with E-state index in [1.165, 1.54) is 73.0 Å². The lowest BCUT2D eigenvalue weighted by atomic mass is 9.78. The minimum Gasteiger partial charge on any atom is -0.378 e. The molecule has 2 aliphatic carbocycles. The highest BCUT2D eigenvalue weighted by Gasteiger charge is 2.28. The fourth-order valence-corrected chi connectivity index (χ4v) is 6.53. The Morgan fingerprint density at radius 1 is 0.488 bits per heavy atom. The van der Waals surface area contributed by atoms with Crippen LogP contribution in [-0.4, -0.2) is 47.3 Å². The first-order chi connectivity index (χ1) is 20.8. The molecule has 6 rings (SSSR count). The Morgan fingerprint density at radius 2 is 0.860 bits per heavy atom. The first kappa shape index (κ1) is 28.8. The van der Waals surface area contributed by atoms with Crippen LogP contribution in [0.15, 0.2) is 72.8 Å². The van der Waals surface area contributed by atoms with Gasteiger partial charge < -0.3 is 14.7 Å². The molecule has 2 aliphatic rings. The zero-order valence-electron chi connectivity index (χ0n) is 26.6. The third-order valence-corrected chi connectivity index (χ3v) is 8.93. The van der Waals surface area contributed by atoms with Gasteiger partial charge in [0.25, 0.3) is 0 Å². The van der Waals surface area contributed by atoms with E-state index in [1.54, 1.807) is 0 Å². The van der Waals surface area contributed by atoms with Crippen LogP contribution in [0.25, 0.3) is 34.4 Å². The number of benzene rings is 3. The van der Waals surface area contributed by atoms with Gasteiger partial charge in [-0.2, -0.15) is 0 Å². The lowest BCUT2D eigenvalue weighted by Gasteiger charge is -2.29. The van der Waals surface area contributed by atoms with Gasteiger partial charge >= 0.3 is 0 Å². The fraction of sp³-hybridized carbons (Fsp3) is 0.308. The molecule has 220 valence electrons. The van der Waals surface area contributed by atoms with E-state index in [0.717, 1.165) is 38.5 Å². The molecular weight excluding hydrogens is 524 g/mol. The highest BCUT2D eigenvalue weighted by molar-refractivity contribution is 5.91. The molecule has 0 unspecified atom stereocenters. The molecule has 0 bridgehead atoms. The predicted octanol–water partition coefficient (Wildman–Crippen LogP) is 8.70. The van der Waals surface area contributed by atoms with Gasteiger partial charge in [-0.15, -0.1) is 0 Å². The van der Waals surface area contributed by atoms with Gasteiger partial charge in [0, 0.05) is 59.3 Å². The normalized spacial score (nSPS) is 16.1. The number of pyridine rings is 1. The van der Waals surface area contributed by atoms with Gasteiger partial charge in [-0.05, 0) is 132 Å². The fourth-order valence-electron chi connectivity index (χ4n) is 6.53. The molecule has 0 saturated carbocycles. The van der Waals surface area contributed by atoms with E-state index in [4.69, 9.17) is 4.98 Å². The number of fused-ring (bicyclic) bond motifs is 2. The van der Waals surface area contributed by atoms with E-state index in [2.05, 4.69) is 142 Å². The maximum atomic E-state index is 5.57. The van der Waals surface area contributed by atoms with Crippen LogP contribution in [0.2, 0.25) is 0 Å². The lowest BCUT2D eigenvalue weighted by Crippen LogP contribution is -2.15. The summed E-state index contributed by atoms with van der Waals surface area (Å²) in [7, 11) is 12.6. The molecule has 4 heteroatoms. The van der Waals surface area contributed by atoms with E-state index in [9.17, 15) is 0 Å². The van der Waals surface area contributed by atoms with Gasteiger partial charge in [-0.25, -0.2) is 4.98 Å². The molecule has 0 spiro atoms. The molecule has 4 aromatic rings. The predicted molar refractivity (Wildman–Crippen MR) is 187 cm³/mol. The summed E-state index contributed by atoms with van der Waals surface area (Å²) >= 11 is 0. The molecule has 0 aliphatic heterocycles. The van der Waals surface area contributed by atoms with Crippen LogP contribution in [0.5, 0.6) is 0 Å². The summed E-state index contributed by atoms with van der Waals surface area (Å²) in [4.78, 5) is 12.0. The summed E-state index contributed by atoms with van der Waals surface area (Å²) in [5.74, 6) is 0. The molecule has 1 aromatic heterocycles. The van der Waals surface area contributed by atoms with Crippen molar-refractivity contribution >= 4 is 40.4 Å². The summed E-state index contributed by atoms with van der Waals surface area (Å²) in [6, 6.07) is 26.9. The van der Waals surface area contributed by atoms with Crippen molar-refractivity contribution in [2.75, 3.05) is 57.0 Å². The van der Waals surface area contributed by atoms with Crippen molar-refractivity contribution in [3.8, 4) is 11.1 Å². The summed E-state index contributed by atoms with van der Waals surface area (Å²) in [6.07, 6.45) is 11.3. The second kappa shape index (κ2) is 12.1. The molecule has 0 atom stereocenters. The van der Waals surface area contributed by atoms with Crippen molar-refractivity contribution < 1.29 is 0 Å². The Bertz CT molecular complexity index is 1560. The molecule has 0 N–H and O–H groups in total. The third-order valence-electron chi connectivity index (χ3n) is 8.93. The van der Waals surface area contributed by atoms with Crippen LogP contribution in [0, 0.1) is 0 Å². The average Bonchev–Trinajstić information content (AvgIpc) is 3.01. The number of hydrogen-bond acceptors (Lipinski definition) is 4. The van der Waals surface area contributed by atoms with E-state index in [1.807, 2.05) is 0 Å². The van der Waals surface area contributed by atoms with E-state index in [-0.39, 0.29) is 0 Å². The van der Waals surface area contributed by atoms with Gasteiger partial charge in [-0.3, -0.25) is 0 Å². The molecule has 43 heavy (non-hydrogen) atoms.